The first-order valence-corrected chi connectivity index (χ1v) is 10.9. The Balaban J connectivity index is 1.25. The minimum atomic E-state index is 0.384. The third-order valence-electron chi connectivity index (χ3n) is 8.20. The van der Waals surface area contributed by atoms with Crippen molar-refractivity contribution in [1.82, 2.24) is 0 Å². The molecule has 4 bridgehead atoms. The number of hydrogen-bond donors (Lipinski definition) is 0. The van der Waals surface area contributed by atoms with E-state index in [0.717, 1.165) is 29.6 Å². The molecular weight excluding hydrogens is 292 g/mol. The van der Waals surface area contributed by atoms with Crippen LogP contribution in [0.5, 0.6) is 0 Å². The molecule has 1 heteroatoms. The van der Waals surface area contributed by atoms with Crippen LogP contribution in [0.4, 0.5) is 0 Å². The normalized spacial score (nSPS) is 43.9. The van der Waals surface area contributed by atoms with Crippen LogP contribution in [0.3, 0.4) is 0 Å². The molecule has 0 saturated heterocycles. The zero-order chi connectivity index (χ0) is 16.7. The number of unbranched alkanes of at least 4 members (excludes halogenated alkanes) is 7. The number of ketones is 1. The first-order chi connectivity index (χ1) is 11.7. The number of carbonyl (C=O) groups is 1. The predicted molar refractivity (Wildman–Crippen MR) is 99.6 cm³/mol. The lowest BCUT2D eigenvalue weighted by molar-refractivity contribution is -0.134. The molecule has 8 atom stereocenters. The van der Waals surface area contributed by atoms with Crippen LogP contribution in [-0.2, 0) is 4.79 Å². The van der Waals surface area contributed by atoms with Crippen molar-refractivity contribution in [1.29, 1.82) is 0 Å². The number of hydrogen-bond acceptors (Lipinski definition) is 1. The molecule has 24 heavy (non-hydrogen) atoms. The van der Waals surface area contributed by atoms with Gasteiger partial charge in [0.1, 0.15) is 5.78 Å². The molecule has 3 saturated carbocycles. The van der Waals surface area contributed by atoms with Gasteiger partial charge < -0.3 is 0 Å². The molecule has 0 aliphatic heterocycles. The Labute approximate surface area is 148 Å². The predicted octanol–water partition coefficient (Wildman–Crippen LogP) is 6.04. The third-order valence-corrected chi connectivity index (χ3v) is 8.20. The Morgan fingerprint density at radius 1 is 0.875 bits per heavy atom. The molecule has 1 nitrogen and oxygen atoms in total. The minimum absolute atomic E-state index is 0.384. The average molecular weight is 329 g/mol. The molecule has 0 spiro atoms. The summed E-state index contributed by atoms with van der Waals surface area (Å²) in [7, 11) is 0. The maximum atomic E-state index is 12.2. The highest BCUT2D eigenvalue weighted by Crippen LogP contribution is 2.72. The third kappa shape index (κ3) is 2.61. The van der Waals surface area contributed by atoms with Gasteiger partial charge in [-0.1, -0.05) is 70.4 Å². The second-order valence-corrected chi connectivity index (χ2v) is 9.32. The van der Waals surface area contributed by atoms with Crippen LogP contribution in [-0.4, -0.2) is 5.78 Å². The van der Waals surface area contributed by atoms with Gasteiger partial charge in [0.25, 0.3) is 0 Å². The van der Waals surface area contributed by atoms with Gasteiger partial charge in [0.2, 0.25) is 0 Å². The fraction of sp³-hybridized carbons (Fsp3) is 0.870. The van der Waals surface area contributed by atoms with Gasteiger partial charge >= 0.3 is 0 Å². The van der Waals surface area contributed by atoms with Crippen molar-refractivity contribution in [2.24, 2.45) is 47.3 Å². The van der Waals surface area contributed by atoms with Gasteiger partial charge in [-0.15, -0.1) is 0 Å². The van der Waals surface area contributed by atoms with E-state index >= 15 is 0 Å². The highest BCUT2D eigenvalue weighted by molar-refractivity contribution is 5.80. The summed E-state index contributed by atoms with van der Waals surface area (Å²) in [6.45, 7) is 4.15. The van der Waals surface area contributed by atoms with Gasteiger partial charge in [-0.25, -0.2) is 0 Å². The highest BCUT2D eigenvalue weighted by atomic mass is 16.1. The van der Waals surface area contributed by atoms with Crippen LogP contribution in [0.25, 0.3) is 0 Å². The lowest BCUT2D eigenvalue weighted by Crippen LogP contribution is -2.56. The molecule has 0 aromatic rings. The quantitative estimate of drug-likeness (QED) is 0.353. The molecule has 5 aliphatic rings. The van der Waals surface area contributed by atoms with Crippen molar-refractivity contribution in [3.05, 3.63) is 12.2 Å². The van der Waals surface area contributed by atoms with Crippen molar-refractivity contribution in [3.63, 3.8) is 0 Å². The summed E-state index contributed by atoms with van der Waals surface area (Å²) in [4.78, 5) is 12.2. The van der Waals surface area contributed by atoms with Crippen LogP contribution >= 0.6 is 0 Å². The SMILES string of the molecule is CCCCCCCCCC[C@@H]1[C@@H]2C[C@H]3[C@@H]4C=CC([C@@H]1[C@H]42)[C@@H]3C(C)=O. The summed E-state index contributed by atoms with van der Waals surface area (Å²) in [6.07, 6.45) is 19.2. The van der Waals surface area contributed by atoms with E-state index < -0.39 is 0 Å². The summed E-state index contributed by atoms with van der Waals surface area (Å²) >= 11 is 0. The van der Waals surface area contributed by atoms with E-state index in [9.17, 15) is 4.79 Å². The Kier molecular flexibility index (Phi) is 4.89. The van der Waals surface area contributed by atoms with E-state index in [2.05, 4.69) is 19.1 Å². The van der Waals surface area contributed by atoms with Crippen molar-refractivity contribution < 1.29 is 4.79 Å². The maximum Gasteiger partial charge on any atom is 0.133 e. The van der Waals surface area contributed by atoms with E-state index in [1.807, 2.05) is 6.92 Å². The lowest BCUT2D eigenvalue weighted by Gasteiger charge is -2.59. The van der Waals surface area contributed by atoms with Crippen molar-refractivity contribution in [3.8, 4) is 0 Å². The minimum Gasteiger partial charge on any atom is -0.300 e. The number of Topliss-reactive ketones (excluding diaryl/α,β-unsaturated/α-hetero) is 1. The Bertz CT molecular complexity index is 492. The molecule has 0 aromatic carbocycles. The Hall–Kier alpha value is -0.590. The highest BCUT2D eigenvalue weighted by Gasteiger charge is 2.68. The first-order valence-electron chi connectivity index (χ1n) is 10.9. The van der Waals surface area contributed by atoms with E-state index in [4.69, 9.17) is 0 Å². The molecule has 5 aliphatic carbocycles. The van der Waals surface area contributed by atoms with Gasteiger partial charge in [0.05, 0.1) is 0 Å². The van der Waals surface area contributed by atoms with E-state index in [1.54, 1.807) is 0 Å². The zero-order valence-corrected chi connectivity index (χ0v) is 15.8. The second-order valence-electron chi connectivity index (χ2n) is 9.32. The molecule has 1 unspecified atom stereocenters. The number of allylic oxidation sites excluding steroid dienone is 2. The topological polar surface area (TPSA) is 17.1 Å². The first kappa shape index (κ1) is 16.9. The van der Waals surface area contributed by atoms with Gasteiger partial charge in [-0.3, -0.25) is 4.79 Å². The van der Waals surface area contributed by atoms with E-state index in [1.165, 1.54) is 64.2 Å². The van der Waals surface area contributed by atoms with Gasteiger partial charge in [0, 0.05) is 5.92 Å². The molecule has 134 valence electrons. The fourth-order valence-electron chi connectivity index (χ4n) is 7.35. The second kappa shape index (κ2) is 6.96. The molecule has 5 rings (SSSR count). The summed E-state index contributed by atoms with van der Waals surface area (Å²) in [5.41, 5.74) is 0. The van der Waals surface area contributed by atoms with Crippen LogP contribution in [0.15, 0.2) is 12.2 Å². The van der Waals surface area contributed by atoms with E-state index in [-0.39, 0.29) is 0 Å². The standard InChI is InChI=1S/C23H36O/c1-3-4-5-6-7-8-9-10-11-16-20-14-19-17-12-13-18(21(19)15(2)24)22(16)23(17)20/h12-13,16-23H,3-11,14H2,1-2H3/t16-,17+,18?,19+,20+,21+,22-,23-/m1/s1. The van der Waals surface area contributed by atoms with Crippen LogP contribution in [0.1, 0.15) is 78.1 Å². The number of carbonyl (C=O) groups excluding carboxylic acids is 1. The van der Waals surface area contributed by atoms with Crippen LogP contribution in [0.2, 0.25) is 0 Å². The van der Waals surface area contributed by atoms with Crippen LogP contribution in [0, 0.1) is 47.3 Å². The fourth-order valence-corrected chi connectivity index (χ4v) is 7.35. The van der Waals surface area contributed by atoms with Gasteiger partial charge in [-0.2, -0.15) is 0 Å². The van der Waals surface area contributed by atoms with Gasteiger partial charge in [-0.05, 0) is 61.2 Å². The zero-order valence-electron chi connectivity index (χ0n) is 15.8. The summed E-state index contributed by atoms with van der Waals surface area (Å²) < 4.78 is 0. The number of rotatable bonds is 10. The Morgan fingerprint density at radius 2 is 1.54 bits per heavy atom. The van der Waals surface area contributed by atoms with E-state index in [0.29, 0.717) is 23.5 Å². The molecular formula is C23H36O. The molecule has 0 amide bonds. The maximum absolute atomic E-state index is 12.2. The van der Waals surface area contributed by atoms with Crippen molar-refractivity contribution in [2.75, 3.05) is 0 Å². The Morgan fingerprint density at radius 3 is 2.25 bits per heavy atom. The smallest absolute Gasteiger partial charge is 0.133 e. The lowest BCUT2D eigenvalue weighted by atomic mass is 9.45. The molecule has 0 heterocycles. The van der Waals surface area contributed by atoms with Gasteiger partial charge in [0.15, 0.2) is 0 Å². The van der Waals surface area contributed by atoms with Crippen LogP contribution < -0.4 is 0 Å². The largest absolute Gasteiger partial charge is 0.300 e. The summed E-state index contributed by atoms with van der Waals surface area (Å²) in [5, 5.41) is 0. The van der Waals surface area contributed by atoms with Crippen molar-refractivity contribution in [2.45, 2.75) is 78.1 Å². The molecule has 3 fully saturated rings. The van der Waals surface area contributed by atoms with Crippen molar-refractivity contribution >= 4 is 5.78 Å². The molecule has 0 N–H and O–H groups in total. The molecule has 0 aromatic heterocycles. The summed E-state index contributed by atoms with van der Waals surface area (Å²) in [6, 6.07) is 0. The average Bonchev–Trinajstić information content (AvgIpc) is 2.77. The molecule has 0 radical (unpaired) electrons. The monoisotopic (exact) mass is 328 g/mol. The summed E-state index contributed by atoms with van der Waals surface area (Å²) in [5.74, 6) is 6.75.